The van der Waals surface area contributed by atoms with Gasteiger partial charge in [0.15, 0.2) is 5.75 Å². The molecule has 1 amide bonds. The lowest BCUT2D eigenvalue weighted by molar-refractivity contribution is -0.158. The highest BCUT2D eigenvalue weighted by molar-refractivity contribution is 6.28. The Morgan fingerprint density at radius 2 is 1.75 bits per heavy atom. The number of anilines is 1. The Balaban J connectivity index is 1.57. The summed E-state index contributed by atoms with van der Waals surface area (Å²) in [4.78, 5) is 45.4. The van der Waals surface area contributed by atoms with Gasteiger partial charge >= 0.3 is 11.8 Å². The molecule has 2 aliphatic heterocycles. The highest BCUT2D eigenvalue weighted by Crippen LogP contribution is 2.54. The lowest BCUT2D eigenvalue weighted by Gasteiger charge is -2.35. The van der Waals surface area contributed by atoms with Crippen molar-refractivity contribution in [2.45, 2.75) is 92.0 Å². The Kier molecular flexibility index (Phi) is 11.0. The molecule has 0 fully saturated rings. The van der Waals surface area contributed by atoms with Crippen LogP contribution in [0.5, 0.6) is 17.2 Å². The molecule has 8 unspecified atom stereocenters. The van der Waals surface area contributed by atoms with Crippen molar-refractivity contribution < 1.29 is 53.8 Å². The number of pyridine rings is 1. The van der Waals surface area contributed by atoms with Crippen molar-refractivity contribution >= 4 is 50.8 Å². The van der Waals surface area contributed by atoms with Crippen LogP contribution in [0.25, 0.3) is 27.5 Å². The number of aromatic hydroxyl groups is 2. The zero-order chi connectivity index (χ0) is 41.0. The van der Waals surface area contributed by atoms with E-state index in [0.29, 0.717) is 5.65 Å². The number of carbonyl (C=O) groups excluding carboxylic acids is 3. The lowest BCUT2D eigenvalue weighted by Crippen LogP contribution is -2.43. The highest BCUT2D eigenvalue weighted by atomic mass is 16.7. The first-order valence-electron chi connectivity index (χ1n) is 18.5. The van der Waals surface area contributed by atoms with Gasteiger partial charge < -0.3 is 44.7 Å². The van der Waals surface area contributed by atoms with E-state index in [1.807, 2.05) is 13.0 Å². The van der Waals surface area contributed by atoms with Crippen LogP contribution in [0.15, 0.2) is 54.5 Å². The number of allylic oxidation sites excluding steroid dienone is 2. The number of benzene rings is 2. The molecule has 5 N–H and O–H groups in total. The molecule has 6 rings (SSSR count). The summed E-state index contributed by atoms with van der Waals surface area (Å²) in [6.07, 6.45) is 5.64. The third kappa shape index (κ3) is 6.97. The van der Waals surface area contributed by atoms with E-state index in [1.54, 1.807) is 62.6 Å². The third-order valence-corrected chi connectivity index (χ3v) is 11.1. The average molecular weight is 772 g/mol. The molecule has 8 atom stereocenters. The number of aryl methyl sites for hydroxylation is 1. The normalized spacial score (nSPS) is 27.8. The number of esters is 1. The van der Waals surface area contributed by atoms with Crippen LogP contribution >= 0.6 is 0 Å². The van der Waals surface area contributed by atoms with E-state index in [2.05, 4.69) is 5.32 Å². The zero-order valence-electron chi connectivity index (χ0n) is 32.9. The molecule has 0 saturated carbocycles. The number of hydrogen-bond donors (Lipinski definition) is 5. The zero-order valence-corrected chi connectivity index (χ0v) is 32.9. The van der Waals surface area contributed by atoms with Crippen LogP contribution in [0.3, 0.4) is 0 Å². The van der Waals surface area contributed by atoms with E-state index >= 15 is 0 Å². The van der Waals surface area contributed by atoms with Gasteiger partial charge in [0.2, 0.25) is 0 Å². The number of phenols is 2. The topological polar surface area (TPSA) is 198 Å². The van der Waals surface area contributed by atoms with Crippen LogP contribution in [0.1, 0.15) is 69.4 Å². The van der Waals surface area contributed by atoms with Crippen molar-refractivity contribution in [3.05, 3.63) is 71.2 Å². The molecule has 56 heavy (non-hydrogen) atoms. The Bertz CT molecular complexity index is 2340. The number of nitrogens with one attached hydrogen (secondary N) is 1. The van der Waals surface area contributed by atoms with Gasteiger partial charge in [-0.1, -0.05) is 39.0 Å². The largest absolute Gasteiger partial charge is 0.507 e. The smallest absolute Gasteiger partial charge is 0.312 e. The highest BCUT2D eigenvalue weighted by Gasteiger charge is 2.49. The Hall–Kier alpha value is -5.44. The van der Waals surface area contributed by atoms with Crippen LogP contribution in [-0.4, -0.2) is 84.8 Å². The molecule has 298 valence electrons. The Morgan fingerprint density at radius 1 is 1.04 bits per heavy atom. The molecule has 14 nitrogen and oxygen atoms in total. The first kappa shape index (κ1) is 40.2. The van der Waals surface area contributed by atoms with Gasteiger partial charge in [-0.05, 0) is 44.5 Å². The molecule has 0 radical (unpaired) electrons. The van der Waals surface area contributed by atoms with Gasteiger partial charge in [-0.25, -0.2) is 4.98 Å². The van der Waals surface area contributed by atoms with Crippen molar-refractivity contribution in [2.75, 3.05) is 12.4 Å². The van der Waals surface area contributed by atoms with Gasteiger partial charge in [-0.2, -0.15) is 0 Å². The summed E-state index contributed by atoms with van der Waals surface area (Å²) in [6, 6.07) is 3.64. The molecule has 0 spiro atoms. The molecule has 4 bridgehead atoms. The molecular formula is C42H49N3O11. The monoisotopic (exact) mass is 771 g/mol. The van der Waals surface area contributed by atoms with Crippen molar-refractivity contribution in [1.82, 2.24) is 9.38 Å². The number of hydrogen-bond acceptors (Lipinski definition) is 12. The first-order valence-corrected chi connectivity index (χ1v) is 18.5. The second kappa shape index (κ2) is 15.2. The van der Waals surface area contributed by atoms with Gasteiger partial charge in [-0.3, -0.25) is 18.8 Å². The number of aliphatic hydroxyl groups is 2. The van der Waals surface area contributed by atoms with Crippen LogP contribution in [0, 0.1) is 31.6 Å². The van der Waals surface area contributed by atoms with E-state index in [0.717, 1.165) is 5.56 Å². The molecule has 2 aromatic heterocycles. The maximum atomic E-state index is 14.5. The van der Waals surface area contributed by atoms with Crippen LogP contribution in [0.4, 0.5) is 5.69 Å². The molecular weight excluding hydrogens is 722 g/mol. The molecule has 0 saturated heterocycles. The lowest BCUT2D eigenvalue weighted by atomic mass is 9.83. The SMILES string of the molecule is COC1C=COC2(C)Oc3c(C)c(O)c4c(O)c(c5c(nc6cc(C)ccn65)c4c3C2=O)NC(=O)C(C)=CC=CC(C)C(O)CC(O)C(C)C(OC(C)=O)C1C. The van der Waals surface area contributed by atoms with Crippen LogP contribution < -0.4 is 10.1 Å². The number of fused-ring (bicyclic) bond motifs is 2. The number of rotatable bonds is 2. The summed E-state index contributed by atoms with van der Waals surface area (Å²) in [7, 11) is 1.46. The molecule has 4 heterocycles. The van der Waals surface area contributed by atoms with Gasteiger partial charge in [0.1, 0.15) is 40.0 Å². The summed E-state index contributed by atoms with van der Waals surface area (Å²) in [5.41, 5.74) is 2.19. The third-order valence-electron chi connectivity index (χ3n) is 11.1. The van der Waals surface area contributed by atoms with Crippen LogP contribution in [-0.2, 0) is 23.8 Å². The summed E-state index contributed by atoms with van der Waals surface area (Å²) in [6.45, 7) is 13.0. The number of aliphatic hydroxyl groups excluding tert-OH is 2. The first-order chi connectivity index (χ1) is 26.4. The number of methoxy groups -OCH3 is 1. The second-order valence-electron chi connectivity index (χ2n) is 15.1. The fraction of sp³-hybridized carbons (Fsp3) is 0.429. The van der Waals surface area contributed by atoms with E-state index in [-0.39, 0.29) is 62.1 Å². The number of Topliss-reactive ketones (excluding diaryl/α,β-unsaturated/α-hetero) is 1. The minimum Gasteiger partial charge on any atom is -0.507 e. The van der Waals surface area contributed by atoms with Crippen molar-refractivity contribution in [2.24, 2.45) is 17.8 Å². The standard InChI is InChI=1S/C42H49N3O11/c1-19-13-15-45-29(17-19)43-33-30-31-36(49)24(6)39-32(30)40(51)42(8,56-39)54-16-14-28(53-9)23(5)38(55-25(7)46)22(4)27(48)18-26(47)20(2)11-10-12-21(3)41(52)44-34(35(33)45)37(31)50/h10-17,20,22-23,26-28,38,47-50H,18H2,1-9H3,(H,44,52). The number of carbonyl (C=O) groups is 3. The summed E-state index contributed by atoms with van der Waals surface area (Å²) >= 11 is 0. The fourth-order valence-corrected chi connectivity index (χ4v) is 7.59. The predicted molar refractivity (Wildman–Crippen MR) is 209 cm³/mol. The summed E-state index contributed by atoms with van der Waals surface area (Å²) < 4.78 is 25.4. The van der Waals surface area contributed by atoms with E-state index < -0.39 is 71.4 Å². The molecule has 0 aliphatic carbocycles. The van der Waals surface area contributed by atoms with Crippen molar-refractivity contribution in [3.63, 3.8) is 0 Å². The maximum absolute atomic E-state index is 14.5. The van der Waals surface area contributed by atoms with E-state index in [9.17, 15) is 34.8 Å². The summed E-state index contributed by atoms with van der Waals surface area (Å²) in [5.74, 6) is -6.21. The molecule has 2 aliphatic rings. The van der Waals surface area contributed by atoms with Crippen molar-refractivity contribution in [1.29, 1.82) is 0 Å². The van der Waals surface area contributed by atoms with Crippen LogP contribution in [0.2, 0.25) is 0 Å². The number of nitrogens with zero attached hydrogens (tertiary/aromatic N) is 2. The van der Waals surface area contributed by atoms with Crippen molar-refractivity contribution in [3.8, 4) is 17.2 Å². The number of amides is 1. The van der Waals surface area contributed by atoms with E-state index in [4.69, 9.17) is 23.9 Å². The average Bonchev–Trinajstić information content (AvgIpc) is 3.65. The minimum absolute atomic E-state index is 0.0193. The van der Waals surface area contributed by atoms with E-state index in [1.165, 1.54) is 40.2 Å². The maximum Gasteiger partial charge on any atom is 0.312 e. The summed E-state index contributed by atoms with van der Waals surface area (Å²) in [5, 5.41) is 48.8. The number of ether oxygens (including phenoxy) is 4. The number of aromatic nitrogens is 2. The minimum atomic E-state index is -1.95. The molecule has 2 aromatic carbocycles. The quantitative estimate of drug-likeness (QED) is 0.119. The second-order valence-corrected chi connectivity index (χ2v) is 15.1. The van der Waals surface area contributed by atoms with Gasteiger partial charge in [-0.15, -0.1) is 0 Å². The number of imidazole rings is 1. The Labute approximate surface area is 324 Å². The fourth-order valence-electron chi connectivity index (χ4n) is 7.59. The molecule has 14 heteroatoms. The number of ketones is 1. The van der Waals surface area contributed by atoms with Gasteiger partial charge in [0.25, 0.3) is 11.7 Å². The molecule has 4 aromatic rings. The van der Waals surface area contributed by atoms with Gasteiger partial charge in [0.05, 0.1) is 35.5 Å². The predicted octanol–water partition coefficient (Wildman–Crippen LogP) is 5.91. The Morgan fingerprint density at radius 3 is 2.43 bits per heavy atom. The number of phenolic OH excluding ortho intramolecular Hbond substituents is 2. The van der Waals surface area contributed by atoms with Gasteiger partial charge in [0, 0.05) is 67.9 Å².